The predicted octanol–water partition coefficient (Wildman–Crippen LogP) is 1.96. The van der Waals surface area contributed by atoms with E-state index in [4.69, 9.17) is 4.74 Å². The molecule has 0 saturated heterocycles. The molecule has 0 unspecified atom stereocenters. The third kappa shape index (κ3) is 3.79. The van der Waals surface area contributed by atoms with Gasteiger partial charge < -0.3 is 10.1 Å². The quantitative estimate of drug-likeness (QED) is 0.896. The molecular formula is C10H12BrNO2. The minimum atomic E-state index is -0.104. The Morgan fingerprint density at radius 1 is 1.57 bits per heavy atom. The van der Waals surface area contributed by atoms with Gasteiger partial charge in [0.2, 0.25) is 0 Å². The number of likely N-dealkylation sites (N-methyl/N-ethyl adjacent to an activating group) is 1. The van der Waals surface area contributed by atoms with Gasteiger partial charge in [-0.15, -0.1) is 0 Å². The van der Waals surface area contributed by atoms with E-state index in [1.807, 2.05) is 31.2 Å². The SMILES string of the molecule is CCNC(=O)COc1cccc(Br)c1. The fourth-order valence-corrected chi connectivity index (χ4v) is 1.33. The lowest BCUT2D eigenvalue weighted by Gasteiger charge is -2.05. The first-order valence-corrected chi connectivity index (χ1v) is 5.16. The zero-order valence-electron chi connectivity index (χ0n) is 7.92. The number of rotatable bonds is 4. The van der Waals surface area contributed by atoms with E-state index < -0.39 is 0 Å². The summed E-state index contributed by atoms with van der Waals surface area (Å²) in [6.45, 7) is 2.56. The lowest BCUT2D eigenvalue weighted by molar-refractivity contribution is -0.122. The highest BCUT2D eigenvalue weighted by atomic mass is 79.9. The van der Waals surface area contributed by atoms with Gasteiger partial charge in [-0.3, -0.25) is 4.79 Å². The maximum Gasteiger partial charge on any atom is 0.257 e. The van der Waals surface area contributed by atoms with Crippen LogP contribution in [0.1, 0.15) is 6.92 Å². The molecule has 0 aliphatic rings. The Hall–Kier alpha value is -1.03. The number of carbonyl (C=O) groups is 1. The Bertz CT molecular complexity index is 315. The zero-order chi connectivity index (χ0) is 10.4. The van der Waals surface area contributed by atoms with E-state index in [2.05, 4.69) is 21.2 Å². The first kappa shape index (κ1) is 11.0. The molecule has 0 fully saturated rings. The predicted molar refractivity (Wildman–Crippen MR) is 58.3 cm³/mol. The molecule has 0 bridgehead atoms. The van der Waals surface area contributed by atoms with Crippen LogP contribution in [0.5, 0.6) is 5.75 Å². The van der Waals surface area contributed by atoms with Crippen LogP contribution < -0.4 is 10.1 Å². The Kier molecular flexibility index (Phi) is 4.46. The molecule has 0 saturated carbocycles. The van der Waals surface area contributed by atoms with Crippen molar-refractivity contribution < 1.29 is 9.53 Å². The van der Waals surface area contributed by atoms with Crippen LogP contribution in [0.25, 0.3) is 0 Å². The van der Waals surface area contributed by atoms with Crippen molar-refractivity contribution in [3.05, 3.63) is 28.7 Å². The average Bonchev–Trinajstić information content (AvgIpc) is 2.15. The van der Waals surface area contributed by atoms with E-state index in [0.717, 1.165) is 4.47 Å². The number of hydrogen-bond donors (Lipinski definition) is 1. The fraction of sp³-hybridized carbons (Fsp3) is 0.300. The number of halogens is 1. The Morgan fingerprint density at radius 3 is 3.00 bits per heavy atom. The van der Waals surface area contributed by atoms with Crippen LogP contribution in [0, 0.1) is 0 Å². The summed E-state index contributed by atoms with van der Waals surface area (Å²) in [4.78, 5) is 11.1. The first-order valence-electron chi connectivity index (χ1n) is 4.37. The van der Waals surface area contributed by atoms with Gasteiger partial charge in [0.15, 0.2) is 6.61 Å². The van der Waals surface area contributed by atoms with Crippen LogP contribution in [0.15, 0.2) is 28.7 Å². The van der Waals surface area contributed by atoms with Crippen molar-refractivity contribution in [2.24, 2.45) is 0 Å². The summed E-state index contributed by atoms with van der Waals surface area (Å²) >= 11 is 3.32. The summed E-state index contributed by atoms with van der Waals surface area (Å²) in [5.74, 6) is 0.582. The van der Waals surface area contributed by atoms with E-state index in [-0.39, 0.29) is 12.5 Å². The summed E-state index contributed by atoms with van der Waals surface area (Å²) in [5.41, 5.74) is 0. The highest BCUT2D eigenvalue weighted by molar-refractivity contribution is 9.10. The lowest BCUT2D eigenvalue weighted by Crippen LogP contribution is -2.28. The smallest absolute Gasteiger partial charge is 0.257 e. The van der Waals surface area contributed by atoms with Gasteiger partial charge in [0.1, 0.15) is 5.75 Å². The van der Waals surface area contributed by atoms with Crippen molar-refractivity contribution in [3.63, 3.8) is 0 Å². The number of hydrogen-bond acceptors (Lipinski definition) is 2. The van der Waals surface area contributed by atoms with Crippen LogP contribution in [-0.2, 0) is 4.79 Å². The molecule has 0 aliphatic heterocycles. The van der Waals surface area contributed by atoms with Gasteiger partial charge in [-0.1, -0.05) is 22.0 Å². The minimum Gasteiger partial charge on any atom is -0.484 e. The van der Waals surface area contributed by atoms with Gasteiger partial charge in [0.25, 0.3) is 5.91 Å². The molecule has 0 aliphatic carbocycles. The van der Waals surface area contributed by atoms with Crippen LogP contribution in [-0.4, -0.2) is 19.1 Å². The molecule has 14 heavy (non-hydrogen) atoms. The molecule has 0 atom stereocenters. The minimum absolute atomic E-state index is 0.0598. The van der Waals surface area contributed by atoms with Gasteiger partial charge in [-0.2, -0.15) is 0 Å². The Morgan fingerprint density at radius 2 is 2.36 bits per heavy atom. The van der Waals surface area contributed by atoms with Crippen molar-refractivity contribution in [1.82, 2.24) is 5.32 Å². The first-order chi connectivity index (χ1) is 6.72. The van der Waals surface area contributed by atoms with Crippen molar-refractivity contribution in [3.8, 4) is 5.75 Å². The van der Waals surface area contributed by atoms with E-state index in [9.17, 15) is 4.79 Å². The van der Waals surface area contributed by atoms with E-state index in [0.29, 0.717) is 12.3 Å². The summed E-state index contributed by atoms with van der Waals surface area (Å²) in [6, 6.07) is 7.39. The second-order valence-electron chi connectivity index (χ2n) is 2.70. The van der Waals surface area contributed by atoms with Crippen LogP contribution in [0.4, 0.5) is 0 Å². The summed E-state index contributed by atoms with van der Waals surface area (Å²) < 4.78 is 6.20. The molecule has 0 aromatic heterocycles. The van der Waals surface area contributed by atoms with Crippen molar-refractivity contribution in [1.29, 1.82) is 0 Å². The Balaban J connectivity index is 2.41. The van der Waals surface area contributed by atoms with E-state index in [1.54, 1.807) is 0 Å². The highest BCUT2D eigenvalue weighted by Gasteiger charge is 2.00. The molecule has 1 amide bonds. The molecule has 1 aromatic rings. The van der Waals surface area contributed by atoms with Crippen molar-refractivity contribution >= 4 is 21.8 Å². The molecule has 0 heterocycles. The molecular weight excluding hydrogens is 246 g/mol. The third-order valence-electron chi connectivity index (χ3n) is 1.54. The van der Waals surface area contributed by atoms with Gasteiger partial charge in [-0.25, -0.2) is 0 Å². The number of nitrogens with one attached hydrogen (secondary N) is 1. The molecule has 1 N–H and O–H groups in total. The van der Waals surface area contributed by atoms with Gasteiger partial charge in [0, 0.05) is 11.0 Å². The summed E-state index contributed by atoms with van der Waals surface area (Å²) in [5, 5.41) is 2.65. The molecule has 0 spiro atoms. The standard InChI is InChI=1S/C10H12BrNO2/c1-2-12-10(13)7-14-9-5-3-4-8(11)6-9/h3-6H,2,7H2,1H3,(H,12,13). The molecule has 1 rings (SSSR count). The molecule has 0 radical (unpaired) electrons. The normalized spacial score (nSPS) is 9.57. The maximum atomic E-state index is 11.1. The topological polar surface area (TPSA) is 38.3 Å². The van der Waals surface area contributed by atoms with Gasteiger partial charge >= 0.3 is 0 Å². The van der Waals surface area contributed by atoms with Crippen LogP contribution in [0.2, 0.25) is 0 Å². The van der Waals surface area contributed by atoms with Gasteiger partial charge in [0.05, 0.1) is 0 Å². The Labute approximate surface area is 91.6 Å². The fourth-order valence-electron chi connectivity index (χ4n) is 0.954. The van der Waals surface area contributed by atoms with E-state index >= 15 is 0 Å². The number of ether oxygens (including phenoxy) is 1. The van der Waals surface area contributed by atoms with Crippen LogP contribution in [0.3, 0.4) is 0 Å². The van der Waals surface area contributed by atoms with Crippen molar-refractivity contribution in [2.45, 2.75) is 6.92 Å². The molecule has 1 aromatic carbocycles. The van der Waals surface area contributed by atoms with Crippen molar-refractivity contribution in [2.75, 3.05) is 13.2 Å². The maximum absolute atomic E-state index is 11.1. The monoisotopic (exact) mass is 257 g/mol. The summed E-state index contributed by atoms with van der Waals surface area (Å²) in [6.07, 6.45) is 0. The number of amides is 1. The molecule has 3 nitrogen and oxygen atoms in total. The number of carbonyl (C=O) groups excluding carboxylic acids is 1. The third-order valence-corrected chi connectivity index (χ3v) is 2.03. The van der Waals surface area contributed by atoms with Gasteiger partial charge in [-0.05, 0) is 25.1 Å². The second kappa shape index (κ2) is 5.65. The molecule has 76 valence electrons. The van der Waals surface area contributed by atoms with E-state index in [1.165, 1.54) is 0 Å². The zero-order valence-corrected chi connectivity index (χ0v) is 9.50. The second-order valence-corrected chi connectivity index (χ2v) is 3.62. The summed E-state index contributed by atoms with van der Waals surface area (Å²) in [7, 11) is 0. The van der Waals surface area contributed by atoms with Crippen LogP contribution >= 0.6 is 15.9 Å². The number of benzene rings is 1. The average molecular weight is 258 g/mol. The molecule has 4 heteroatoms. The highest BCUT2D eigenvalue weighted by Crippen LogP contribution is 2.17. The largest absolute Gasteiger partial charge is 0.484 e. The lowest BCUT2D eigenvalue weighted by atomic mass is 10.3.